The van der Waals surface area contributed by atoms with E-state index in [2.05, 4.69) is 60.7 Å². The fourth-order valence-electron chi connectivity index (χ4n) is 3.02. The molecular weight excluding hydrogens is 294 g/mol. The van der Waals surface area contributed by atoms with Crippen molar-refractivity contribution in [3.05, 3.63) is 114 Å². The third-order valence-corrected chi connectivity index (χ3v) is 4.23. The van der Waals surface area contributed by atoms with E-state index in [-0.39, 0.29) is 12.1 Å². The minimum absolute atomic E-state index is 0.0635. The number of benzene rings is 3. The van der Waals surface area contributed by atoms with Crippen molar-refractivity contribution in [2.75, 3.05) is 5.06 Å². The lowest BCUT2D eigenvalue weighted by molar-refractivity contribution is 0.0402. The van der Waals surface area contributed by atoms with E-state index in [1.165, 1.54) is 5.56 Å². The highest BCUT2D eigenvalue weighted by molar-refractivity contribution is 5.49. The van der Waals surface area contributed by atoms with Gasteiger partial charge in [0.25, 0.3) is 0 Å². The third kappa shape index (κ3) is 2.97. The van der Waals surface area contributed by atoms with Gasteiger partial charge in [0.05, 0.1) is 11.7 Å². The van der Waals surface area contributed by atoms with E-state index in [4.69, 9.17) is 4.84 Å². The monoisotopic (exact) mass is 313 g/mol. The van der Waals surface area contributed by atoms with Crippen molar-refractivity contribution < 1.29 is 4.84 Å². The summed E-state index contributed by atoms with van der Waals surface area (Å²) in [6.07, 6.45) is 4.29. The van der Waals surface area contributed by atoms with Crippen molar-refractivity contribution in [3.63, 3.8) is 0 Å². The lowest BCUT2D eigenvalue weighted by Crippen LogP contribution is -2.32. The molecule has 0 amide bonds. The van der Waals surface area contributed by atoms with Crippen molar-refractivity contribution >= 4 is 5.69 Å². The average molecular weight is 313 g/mol. The van der Waals surface area contributed by atoms with Gasteiger partial charge in [-0.1, -0.05) is 91.0 Å². The highest BCUT2D eigenvalue weighted by Crippen LogP contribution is 2.36. The third-order valence-electron chi connectivity index (χ3n) is 4.23. The Balaban J connectivity index is 1.73. The molecule has 1 aliphatic rings. The van der Waals surface area contributed by atoms with Gasteiger partial charge in [0.1, 0.15) is 6.10 Å². The summed E-state index contributed by atoms with van der Waals surface area (Å²) >= 11 is 0. The number of nitrogens with zero attached hydrogens (tertiary/aromatic N) is 1. The molecule has 4 rings (SSSR count). The summed E-state index contributed by atoms with van der Waals surface area (Å²) in [5.74, 6) is 0. The van der Waals surface area contributed by atoms with Gasteiger partial charge in [0.2, 0.25) is 0 Å². The van der Waals surface area contributed by atoms with Crippen LogP contribution in [-0.4, -0.2) is 0 Å². The molecule has 0 spiro atoms. The molecule has 0 radical (unpaired) electrons. The number of rotatable bonds is 3. The smallest absolute Gasteiger partial charge is 0.129 e. The first-order valence-corrected chi connectivity index (χ1v) is 8.21. The van der Waals surface area contributed by atoms with Crippen molar-refractivity contribution in [2.24, 2.45) is 0 Å². The summed E-state index contributed by atoms with van der Waals surface area (Å²) in [6.45, 7) is 0. The SMILES string of the molecule is C1=C[C@@H](c2ccccc2)N(c2ccccc2)O[C@@H]1c1ccccc1. The second kappa shape index (κ2) is 6.73. The minimum Gasteiger partial charge on any atom is -0.260 e. The van der Waals surface area contributed by atoms with E-state index < -0.39 is 0 Å². The van der Waals surface area contributed by atoms with Gasteiger partial charge in [-0.2, -0.15) is 0 Å². The summed E-state index contributed by atoms with van der Waals surface area (Å²) in [6, 6.07) is 31.1. The molecule has 2 atom stereocenters. The first-order valence-electron chi connectivity index (χ1n) is 8.21. The van der Waals surface area contributed by atoms with Crippen LogP contribution >= 0.6 is 0 Å². The fraction of sp³-hybridized carbons (Fsp3) is 0.0909. The Kier molecular flexibility index (Phi) is 4.13. The molecule has 0 fully saturated rings. The molecule has 0 unspecified atom stereocenters. The van der Waals surface area contributed by atoms with Gasteiger partial charge in [-0.25, -0.2) is 5.06 Å². The minimum atomic E-state index is -0.0774. The van der Waals surface area contributed by atoms with Crippen LogP contribution in [0.4, 0.5) is 5.69 Å². The molecule has 118 valence electrons. The van der Waals surface area contributed by atoms with Gasteiger partial charge < -0.3 is 0 Å². The molecule has 0 saturated heterocycles. The molecule has 3 aromatic carbocycles. The first-order chi connectivity index (χ1) is 11.9. The van der Waals surface area contributed by atoms with Gasteiger partial charge in [-0.3, -0.25) is 4.84 Å². The topological polar surface area (TPSA) is 12.5 Å². The summed E-state index contributed by atoms with van der Waals surface area (Å²) in [7, 11) is 0. The Bertz CT molecular complexity index is 799. The summed E-state index contributed by atoms with van der Waals surface area (Å²) in [4.78, 5) is 6.37. The Morgan fingerprint density at radius 2 is 1.12 bits per heavy atom. The largest absolute Gasteiger partial charge is 0.260 e. The molecule has 1 aliphatic heterocycles. The normalized spacial score (nSPS) is 20.1. The predicted molar refractivity (Wildman–Crippen MR) is 97.5 cm³/mol. The number of hydroxylamine groups is 1. The standard InChI is InChI=1S/C22H19NO/c1-4-10-18(11-5-1)21-16-17-22(19-12-6-2-7-13-19)24-23(21)20-14-8-3-9-15-20/h1-17,21-22H/t21-,22-/m0/s1. The molecule has 0 bridgehead atoms. The molecule has 1 heterocycles. The maximum atomic E-state index is 6.37. The second-order valence-electron chi connectivity index (χ2n) is 5.84. The van der Waals surface area contributed by atoms with Crippen LogP contribution in [0.2, 0.25) is 0 Å². The first kappa shape index (κ1) is 14.7. The van der Waals surface area contributed by atoms with Crippen molar-refractivity contribution in [3.8, 4) is 0 Å². The van der Waals surface area contributed by atoms with E-state index in [0.29, 0.717) is 0 Å². The van der Waals surface area contributed by atoms with Crippen LogP contribution < -0.4 is 5.06 Å². The van der Waals surface area contributed by atoms with Crippen LogP contribution in [0.5, 0.6) is 0 Å². The lowest BCUT2D eigenvalue weighted by atomic mass is 10.0. The van der Waals surface area contributed by atoms with Crippen LogP contribution in [0.25, 0.3) is 0 Å². The van der Waals surface area contributed by atoms with Gasteiger partial charge in [0, 0.05) is 0 Å². The number of hydrogen-bond acceptors (Lipinski definition) is 2. The average Bonchev–Trinajstić information content (AvgIpc) is 2.69. The van der Waals surface area contributed by atoms with Gasteiger partial charge in [-0.05, 0) is 23.3 Å². The highest BCUT2D eigenvalue weighted by Gasteiger charge is 2.27. The molecule has 2 heteroatoms. The molecule has 0 aromatic heterocycles. The number of para-hydroxylation sites is 1. The molecule has 0 aliphatic carbocycles. The second-order valence-corrected chi connectivity index (χ2v) is 5.84. The molecule has 3 aromatic rings. The Morgan fingerprint density at radius 3 is 1.75 bits per heavy atom. The van der Waals surface area contributed by atoms with Crippen molar-refractivity contribution in [2.45, 2.75) is 12.1 Å². The molecular formula is C22H19NO. The van der Waals surface area contributed by atoms with E-state index in [1.807, 2.05) is 47.5 Å². The van der Waals surface area contributed by atoms with Crippen molar-refractivity contribution in [1.82, 2.24) is 0 Å². The maximum Gasteiger partial charge on any atom is 0.129 e. The molecule has 24 heavy (non-hydrogen) atoms. The summed E-state index contributed by atoms with van der Waals surface area (Å²) in [5.41, 5.74) is 3.42. The van der Waals surface area contributed by atoms with Gasteiger partial charge >= 0.3 is 0 Å². The molecule has 2 nitrogen and oxygen atoms in total. The lowest BCUT2D eigenvalue weighted by Gasteiger charge is -2.37. The van der Waals surface area contributed by atoms with E-state index >= 15 is 0 Å². The molecule has 0 N–H and O–H groups in total. The Labute approximate surface area is 142 Å². The summed E-state index contributed by atoms with van der Waals surface area (Å²) in [5, 5.41) is 2.01. The Morgan fingerprint density at radius 1 is 0.583 bits per heavy atom. The zero-order chi connectivity index (χ0) is 16.2. The fourth-order valence-corrected chi connectivity index (χ4v) is 3.02. The Hall–Kier alpha value is -2.84. The van der Waals surface area contributed by atoms with Crippen molar-refractivity contribution in [1.29, 1.82) is 0 Å². The quantitative estimate of drug-likeness (QED) is 0.594. The molecule has 0 saturated carbocycles. The predicted octanol–water partition coefficient (Wildman–Crippen LogP) is 5.48. The number of anilines is 1. The van der Waals surface area contributed by atoms with Crippen LogP contribution in [0, 0.1) is 0 Å². The van der Waals surface area contributed by atoms with Gasteiger partial charge in [0.15, 0.2) is 0 Å². The maximum absolute atomic E-state index is 6.37. The van der Waals surface area contributed by atoms with E-state index in [9.17, 15) is 0 Å². The van der Waals surface area contributed by atoms with Crippen LogP contribution in [0.15, 0.2) is 103 Å². The number of hydrogen-bond donors (Lipinski definition) is 0. The van der Waals surface area contributed by atoms with E-state index in [0.717, 1.165) is 11.3 Å². The van der Waals surface area contributed by atoms with Crippen LogP contribution in [0.3, 0.4) is 0 Å². The highest BCUT2D eigenvalue weighted by atomic mass is 16.7. The van der Waals surface area contributed by atoms with Crippen LogP contribution in [0.1, 0.15) is 23.3 Å². The summed E-state index contributed by atoms with van der Waals surface area (Å²) < 4.78 is 0. The van der Waals surface area contributed by atoms with Crippen LogP contribution in [-0.2, 0) is 4.84 Å². The van der Waals surface area contributed by atoms with E-state index in [1.54, 1.807) is 0 Å². The zero-order valence-corrected chi connectivity index (χ0v) is 13.3. The van der Waals surface area contributed by atoms with Gasteiger partial charge in [-0.15, -0.1) is 0 Å². The zero-order valence-electron chi connectivity index (χ0n) is 13.3.